The minimum atomic E-state index is -2.07. The molecule has 0 unspecified atom stereocenters. The molecular weight excluding hydrogens is 974 g/mol. The Morgan fingerprint density at radius 1 is 0.880 bits per heavy atom. The Bertz CT molecular complexity index is 3120. The summed E-state index contributed by atoms with van der Waals surface area (Å²) in [6.45, 7) is 3.19. The van der Waals surface area contributed by atoms with Gasteiger partial charge in [-0.3, -0.25) is 48.1 Å². The molecule has 0 radical (unpaired) electrons. The number of likely N-dealkylation sites (N-methyl/N-ethyl adjacent to an activating group) is 1. The van der Waals surface area contributed by atoms with Gasteiger partial charge >= 0.3 is 5.97 Å². The number of aliphatic hydroxyl groups is 1. The molecule has 2 aromatic heterocycles. The zero-order valence-corrected chi connectivity index (χ0v) is 41.9. The highest BCUT2D eigenvalue weighted by molar-refractivity contribution is 6.12. The number of halogens is 1. The molecule has 75 heavy (non-hydrogen) atoms. The lowest BCUT2D eigenvalue weighted by atomic mass is 9.81. The van der Waals surface area contributed by atoms with Crippen LogP contribution in [0.2, 0.25) is 0 Å². The van der Waals surface area contributed by atoms with Gasteiger partial charge in [0.25, 0.3) is 17.4 Å². The molecule has 8 amide bonds. The van der Waals surface area contributed by atoms with Crippen molar-refractivity contribution in [2.75, 3.05) is 33.2 Å². The van der Waals surface area contributed by atoms with Gasteiger partial charge < -0.3 is 45.9 Å². The van der Waals surface area contributed by atoms with Gasteiger partial charge in [-0.05, 0) is 74.3 Å². The monoisotopic (exact) mass is 1030 g/mol. The number of ether oxygens (including phenoxy) is 1. The summed E-state index contributed by atoms with van der Waals surface area (Å²) >= 11 is 0. The lowest BCUT2D eigenvalue weighted by Crippen LogP contribution is -2.53. The van der Waals surface area contributed by atoms with Gasteiger partial charge in [-0.25, -0.2) is 14.2 Å². The minimum Gasteiger partial charge on any atom is -0.458 e. The number of rotatable bonds is 20. The Hall–Kier alpha value is -8.14. The third kappa shape index (κ3) is 10.9. The van der Waals surface area contributed by atoms with Crippen molar-refractivity contribution in [3.8, 4) is 11.4 Å². The van der Waals surface area contributed by atoms with Crippen LogP contribution in [0.4, 0.5) is 4.39 Å². The maximum Gasteiger partial charge on any atom is 0.343 e. The van der Waals surface area contributed by atoms with Crippen molar-refractivity contribution in [1.29, 1.82) is 0 Å². The van der Waals surface area contributed by atoms with Crippen LogP contribution in [0.25, 0.3) is 22.3 Å². The molecule has 4 aliphatic rings. The molecule has 3 aliphatic heterocycles. The average molecular weight is 1030 g/mol. The van der Waals surface area contributed by atoms with Gasteiger partial charge in [0, 0.05) is 61.2 Å². The lowest BCUT2D eigenvalue weighted by Gasteiger charge is -2.36. The third-order valence-electron chi connectivity index (χ3n) is 14.3. The molecular formula is C53H58FN9O12. The number of cyclic esters (lactones) is 1. The molecule has 1 aliphatic carbocycles. The van der Waals surface area contributed by atoms with Gasteiger partial charge in [0.15, 0.2) is 5.60 Å². The molecule has 8 rings (SSSR count). The first-order chi connectivity index (χ1) is 35.8. The summed E-state index contributed by atoms with van der Waals surface area (Å²) in [5, 5.41) is 24.7. The number of amides is 8. The van der Waals surface area contributed by atoms with Gasteiger partial charge in [0.1, 0.15) is 24.5 Å². The number of aryl methyl sites for hydroxylation is 1. The maximum atomic E-state index is 15.5. The number of benzene rings is 2. The molecule has 21 nitrogen and oxygen atoms in total. The summed E-state index contributed by atoms with van der Waals surface area (Å²) in [6, 6.07) is 8.69. The zero-order chi connectivity index (χ0) is 53.9. The third-order valence-corrected chi connectivity index (χ3v) is 14.3. The van der Waals surface area contributed by atoms with Crippen LogP contribution >= 0.6 is 0 Å². The number of carbonyl (C=O) groups is 9. The van der Waals surface area contributed by atoms with E-state index in [1.807, 2.05) is 0 Å². The molecule has 4 aromatic rings. The van der Waals surface area contributed by atoms with E-state index in [4.69, 9.17) is 9.72 Å². The summed E-state index contributed by atoms with van der Waals surface area (Å²) in [5.74, 6) is -5.83. The van der Waals surface area contributed by atoms with Gasteiger partial charge in [-0.15, -0.1) is 0 Å². The van der Waals surface area contributed by atoms with Gasteiger partial charge in [0.2, 0.25) is 35.4 Å². The quantitative estimate of drug-likeness (QED) is 0.0362. The average Bonchev–Trinajstić information content (AvgIpc) is 3.94. The highest BCUT2D eigenvalue weighted by Gasteiger charge is 2.46. The predicted octanol–water partition coefficient (Wildman–Crippen LogP) is 1.04. The van der Waals surface area contributed by atoms with E-state index < -0.39 is 96.1 Å². The molecule has 4 atom stereocenters. The number of fused-ring (bicyclic) bond motifs is 5. The van der Waals surface area contributed by atoms with Crippen LogP contribution in [0.5, 0.6) is 0 Å². The Kier molecular flexibility index (Phi) is 15.7. The van der Waals surface area contributed by atoms with Crippen molar-refractivity contribution in [2.24, 2.45) is 0 Å². The summed E-state index contributed by atoms with van der Waals surface area (Å²) in [5.41, 5.74) is 1.76. The van der Waals surface area contributed by atoms with E-state index in [1.54, 1.807) is 57.3 Å². The lowest BCUT2D eigenvalue weighted by molar-refractivity contribution is -0.172. The van der Waals surface area contributed by atoms with E-state index in [0.29, 0.717) is 82.2 Å². The van der Waals surface area contributed by atoms with E-state index in [-0.39, 0.29) is 61.9 Å². The van der Waals surface area contributed by atoms with Crippen LogP contribution in [-0.4, -0.2) is 123 Å². The van der Waals surface area contributed by atoms with Crippen LogP contribution in [0.15, 0.2) is 59.4 Å². The molecule has 0 bridgehead atoms. The molecule has 6 N–H and O–H groups in total. The highest BCUT2D eigenvalue weighted by Crippen LogP contribution is 2.47. The van der Waals surface area contributed by atoms with Crippen LogP contribution in [0.3, 0.4) is 0 Å². The van der Waals surface area contributed by atoms with E-state index in [1.165, 1.54) is 34.6 Å². The van der Waals surface area contributed by atoms with E-state index in [0.717, 1.165) is 4.90 Å². The van der Waals surface area contributed by atoms with Crippen molar-refractivity contribution in [3.63, 3.8) is 0 Å². The predicted molar refractivity (Wildman–Crippen MR) is 266 cm³/mol. The Balaban J connectivity index is 0.875. The summed E-state index contributed by atoms with van der Waals surface area (Å²) in [7, 11) is 1.58. The van der Waals surface area contributed by atoms with Crippen molar-refractivity contribution >= 4 is 64.1 Å². The molecule has 2 aromatic carbocycles. The second kappa shape index (κ2) is 22.1. The fraction of sp³-hybridized carbons (Fsp3) is 0.415. The fourth-order valence-corrected chi connectivity index (χ4v) is 10.2. The molecule has 22 heteroatoms. The summed E-state index contributed by atoms with van der Waals surface area (Å²) < 4.78 is 22.2. The van der Waals surface area contributed by atoms with Crippen LogP contribution in [0.1, 0.15) is 97.4 Å². The second-order valence-electron chi connectivity index (χ2n) is 19.2. The largest absolute Gasteiger partial charge is 0.458 e. The molecule has 0 spiro atoms. The number of hydrogen-bond acceptors (Lipinski definition) is 13. The number of aromatic nitrogens is 2. The summed E-state index contributed by atoms with van der Waals surface area (Å²) in [6.07, 6.45) is 4.75. The van der Waals surface area contributed by atoms with Crippen LogP contribution < -0.4 is 32.1 Å². The normalized spacial score (nSPS) is 17.8. The maximum absolute atomic E-state index is 15.5. The number of carbonyl (C=O) groups excluding carboxylic acids is 9. The van der Waals surface area contributed by atoms with Gasteiger partial charge in [0.05, 0.1) is 54.7 Å². The number of nitrogens with one attached hydrogen (secondary N) is 5. The standard InChI is InChI=1S/C53H58FN9O12/c1-5-53(74)34-21-39-48-32(26-63(39)51(72)33(34)27-75-52(53)73)47-38(16-15-31-28(2)35(54)22-36(60-48)46(31)47)61(4)50(71)29(3)58-42(66)25-57-49(70)37(20-30-12-8-6-9-13-30)59-43(67)24-56-41(65)23-55-40(64)14-10-7-11-19-62-44(68)17-18-45(62)69/h6,8-9,12-13,17-18,21-22,29,37-38,74H,5,7,10-11,14-16,19-20,23-27H2,1-4H3,(H,55,64)(H,56,65)(H,57,70)(H,58,66)(H,59,67)/t29-,37-,38-,53-/m0/s1. The number of imide groups is 1. The molecule has 0 fully saturated rings. The van der Waals surface area contributed by atoms with Crippen molar-refractivity contribution in [3.05, 3.63) is 110 Å². The highest BCUT2D eigenvalue weighted by atomic mass is 19.1. The molecule has 394 valence electrons. The van der Waals surface area contributed by atoms with E-state index in [2.05, 4.69) is 26.6 Å². The SMILES string of the molecule is CC[C@@]1(O)C(=O)OCc2c1cc1n(c2=O)Cc2c-1nc1cc(F)c(C)c3c1c2[C@@H](N(C)C(=O)[C@H](C)NC(=O)CNC(=O)[C@H](Cc1ccccc1)NC(=O)CNC(=O)CNC(=O)CCCCCN1C(=O)C=CC1=O)CC3. The second-order valence-corrected chi connectivity index (χ2v) is 19.2. The first kappa shape index (κ1) is 53.2. The zero-order valence-electron chi connectivity index (χ0n) is 41.9. The first-order valence-corrected chi connectivity index (χ1v) is 24.9. The smallest absolute Gasteiger partial charge is 0.343 e. The Labute approximate surface area is 429 Å². The first-order valence-electron chi connectivity index (χ1n) is 24.9. The van der Waals surface area contributed by atoms with Gasteiger partial charge in [-0.2, -0.15) is 0 Å². The van der Waals surface area contributed by atoms with Crippen molar-refractivity contribution < 1.29 is 57.4 Å². The number of esters is 1. The topological polar surface area (TPSA) is 285 Å². The Morgan fingerprint density at radius 2 is 1.56 bits per heavy atom. The molecule has 0 saturated carbocycles. The minimum absolute atomic E-state index is 0.0188. The van der Waals surface area contributed by atoms with E-state index in [9.17, 15) is 53.1 Å². The van der Waals surface area contributed by atoms with E-state index >= 15 is 4.39 Å². The van der Waals surface area contributed by atoms with Gasteiger partial charge in [-0.1, -0.05) is 43.7 Å². The fourth-order valence-electron chi connectivity index (χ4n) is 10.2. The number of unbranched alkanes of at least 4 members (excludes halogenated alkanes) is 2. The van der Waals surface area contributed by atoms with Crippen molar-refractivity contribution in [1.82, 2.24) is 45.9 Å². The van der Waals surface area contributed by atoms with Crippen LogP contribution in [-0.2, 0) is 79.5 Å². The Morgan fingerprint density at radius 3 is 2.28 bits per heavy atom. The number of pyridine rings is 2. The van der Waals surface area contributed by atoms with Crippen molar-refractivity contribution in [2.45, 2.75) is 109 Å². The molecule has 5 heterocycles. The molecule has 0 saturated heterocycles. The number of nitrogens with zero attached hydrogens (tertiary/aromatic N) is 4. The van der Waals surface area contributed by atoms with Crippen LogP contribution in [0, 0.1) is 12.7 Å². The summed E-state index contributed by atoms with van der Waals surface area (Å²) in [4.78, 5) is 137. The number of hydrogen-bond donors (Lipinski definition) is 6.